The first-order chi connectivity index (χ1) is 2.64. The fourth-order valence-electron chi connectivity index (χ4n) is 0. The molecule has 0 saturated heterocycles. The maximum Gasteiger partial charge on any atom is 0.304 e. The van der Waals surface area contributed by atoms with E-state index in [0.717, 1.165) is 0 Å². The SMILES string of the molecule is O=C(Cl)C(=O)Cl.[N]. The second-order valence-corrected chi connectivity index (χ2v) is 1.23. The van der Waals surface area contributed by atoms with Crippen LogP contribution < -0.4 is 6.15 Å². The summed E-state index contributed by atoms with van der Waals surface area (Å²) < 4.78 is 0. The Bertz CT molecular complexity index is 79.7. The number of nitrogens with zero attached hydrogens (tertiary/aromatic N) is 1. The average Bonchev–Trinajstić information content (AvgIpc) is 1.36. The van der Waals surface area contributed by atoms with Gasteiger partial charge in [0.25, 0.3) is 0 Å². The van der Waals surface area contributed by atoms with E-state index >= 15 is 0 Å². The molecule has 0 aromatic carbocycles. The molecule has 0 rings (SSSR count). The Morgan fingerprint density at radius 3 is 1.14 bits per heavy atom. The van der Waals surface area contributed by atoms with E-state index in [-0.39, 0.29) is 6.15 Å². The van der Waals surface area contributed by atoms with E-state index in [4.69, 9.17) is 0 Å². The molecule has 0 unspecified atom stereocenters. The Kier molecular flexibility index (Phi) is 5.78. The van der Waals surface area contributed by atoms with Crippen LogP contribution in [-0.2, 0) is 9.59 Å². The van der Waals surface area contributed by atoms with Crippen molar-refractivity contribution in [2.45, 2.75) is 0 Å². The van der Waals surface area contributed by atoms with Gasteiger partial charge in [0.15, 0.2) is 0 Å². The first kappa shape index (κ1) is 9.99. The van der Waals surface area contributed by atoms with Gasteiger partial charge in [-0.3, -0.25) is 9.59 Å². The second-order valence-electron chi connectivity index (χ2n) is 0.547. The fourth-order valence-corrected chi connectivity index (χ4v) is 0. The van der Waals surface area contributed by atoms with Crippen LogP contribution in [0.2, 0.25) is 0 Å². The third kappa shape index (κ3) is 5.88. The molecule has 0 amide bonds. The summed E-state index contributed by atoms with van der Waals surface area (Å²) in [6, 6.07) is 0. The van der Waals surface area contributed by atoms with Gasteiger partial charge in [-0.1, -0.05) is 0 Å². The predicted molar refractivity (Wildman–Crippen MR) is 23.9 cm³/mol. The largest absolute Gasteiger partial charge is 0.304 e. The molecule has 5 heteroatoms. The van der Waals surface area contributed by atoms with Crippen LogP contribution in [0, 0.1) is 0 Å². The van der Waals surface area contributed by atoms with Gasteiger partial charge in [-0.2, -0.15) is 0 Å². The van der Waals surface area contributed by atoms with Crippen molar-refractivity contribution in [2.75, 3.05) is 0 Å². The van der Waals surface area contributed by atoms with E-state index in [9.17, 15) is 9.59 Å². The van der Waals surface area contributed by atoms with Gasteiger partial charge in [0.2, 0.25) is 0 Å². The number of carbonyl (C=O) groups excluding carboxylic acids is 2. The van der Waals surface area contributed by atoms with Gasteiger partial charge in [-0.15, -0.1) is 0 Å². The highest BCUT2D eigenvalue weighted by molar-refractivity contribution is 6.97. The molecule has 0 saturated carbocycles. The van der Waals surface area contributed by atoms with E-state index in [1.807, 2.05) is 0 Å². The lowest BCUT2D eigenvalue weighted by Crippen LogP contribution is -1.94. The Balaban J connectivity index is 0. The molecule has 39 valence electrons. The summed E-state index contributed by atoms with van der Waals surface area (Å²) in [4.78, 5) is 18.9. The molecule has 0 aromatic heterocycles. The minimum Gasteiger partial charge on any atom is -0.271 e. The first-order valence-electron chi connectivity index (χ1n) is 1.04. The smallest absolute Gasteiger partial charge is 0.271 e. The molecule has 0 fully saturated rings. The van der Waals surface area contributed by atoms with Crippen LogP contribution >= 0.6 is 23.2 Å². The first-order valence-corrected chi connectivity index (χ1v) is 1.79. The van der Waals surface area contributed by atoms with Crippen molar-refractivity contribution in [1.82, 2.24) is 6.15 Å². The minimum atomic E-state index is -1.14. The van der Waals surface area contributed by atoms with Gasteiger partial charge in [0.05, 0.1) is 0 Å². The molecule has 0 heterocycles. The highest BCUT2D eigenvalue weighted by Gasteiger charge is 2.01. The van der Waals surface area contributed by atoms with Gasteiger partial charge >= 0.3 is 10.5 Å². The molecule has 7 heavy (non-hydrogen) atoms. The highest BCUT2D eigenvalue weighted by atomic mass is 35.5. The van der Waals surface area contributed by atoms with E-state index in [2.05, 4.69) is 23.2 Å². The zero-order valence-corrected chi connectivity index (χ0v) is 4.53. The van der Waals surface area contributed by atoms with Crippen LogP contribution in [0.1, 0.15) is 0 Å². The second kappa shape index (κ2) is 4.05. The van der Waals surface area contributed by atoms with Crippen molar-refractivity contribution >= 4 is 33.7 Å². The monoisotopic (exact) mass is 140 g/mol. The van der Waals surface area contributed by atoms with Crippen LogP contribution in [0.25, 0.3) is 0 Å². The lowest BCUT2D eigenvalue weighted by atomic mass is 10.9. The third-order valence-electron chi connectivity index (χ3n) is 0.155. The molecule has 0 aromatic rings. The summed E-state index contributed by atoms with van der Waals surface area (Å²) in [6.45, 7) is 0. The number of rotatable bonds is 1. The van der Waals surface area contributed by atoms with Gasteiger partial charge < -0.3 is 0 Å². The Labute approximate surface area is 50.2 Å². The zero-order chi connectivity index (χ0) is 5.15. The minimum absolute atomic E-state index is 0. The van der Waals surface area contributed by atoms with Crippen molar-refractivity contribution < 1.29 is 9.59 Å². The molecule has 3 nitrogen and oxygen atoms in total. The molecular weight excluding hydrogens is 141 g/mol. The number of carbonyl (C=O) groups is 2. The molecule has 0 bridgehead atoms. The van der Waals surface area contributed by atoms with Gasteiger partial charge in [-0.25, -0.2) is 0 Å². The van der Waals surface area contributed by atoms with Crippen LogP contribution in [0.3, 0.4) is 0 Å². The summed E-state index contributed by atoms with van der Waals surface area (Å²) in [6.07, 6.45) is 0. The van der Waals surface area contributed by atoms with Crippen LogP contribution in [-0.4, -0.2) is 10.5 Å². The van der Waals surface area contributed by atoms with Gasteiger partial charge in [0.1, 0.15) is 0 Å². The van der Waals surface area contributed by atoms with Crippen LogP contribution in [0.4, 0.5) is 0 Å². The normalized spacial score (nSPS) is 6.57. The fraction of sp³-hybridized carbons (Fsp3) is 0. The molecule has 3 radical (unpaired) electrons. The lowest BCUT2D eigenvalue weighted by molar-refractivity contribution is -0.127. The Hall–Kier alpha value is -0.120. The number of hydrogen-bond donors (Lipinski definition) is 0. The van der Waals surface area contributed by atoms with E-state index < -0.39 is 10.5 Å². The summed E-state index contributed by atoms with van der Waals surface area (Å²) in [5.41, 5.74) is 0. The molecule has 0 aliphatic heterocycles. The van der Waals surface area contributed by atoms with E-state index in [1.54, 1.807) is 0 Å². The summed E-state index contributed by atoms with van der Waals surface area (Å²) >= 11 is 8.98. The molecule has 0 aliphatic rings. The average molecular weight is 141 g/mol. The van der Waals surface area contributed by atoms with Crippen LogP contribution in [0.15, 0.2) is 0 Å². The molecule has 0 atom stereocenters. The van der Waals surface area contributed by atoms with Crippen molar-refractivity contribution in [3.8, 4) is 0 Å². The van der Waals surface area contributed by atoms with Gasteiger partial charge in [-0.05, 0) is 23.2 Å². The summed E-state index contributed by atoms with van der Waals surface area (Å²) in [7, 11) is 0. The Morgan fingerprint density at radius 1 is 1.00 bits per heavy atom. The highest BCUT2D eigenvalue weighted by Crippen LogP contribution is 1.84. The molecule has 0 spiro atoms. The maximum atomic E-state index is 9.43. The quantitative estimate of drug-likeness (QED) is 0.382. The topological polar surface area (TPSA) is 64.6 Å². The summed E-state index contributed by atoms with van der Waals surface area (Å²) in [5.74, 6) is 0. The molecule has 0 N–H and O–H groups in total. The third-order valence-corrected chi connectivity index (χ3v) is 0.595. The molecular formula is C2Cl2NO2. The van der Waals surface area contributed by atoms with Crippen molar-refractivity contribution in [3.63, 3.8) is 0 Å². The Morgan fingerprint density at radius 2 is 1.14 bits per heavy atom. The van der Waals surface area contributed by atoms with Gasteiger partial charge in [0, 0.05) is 6.15 Å². The zero-order valence-electron chi connectivity index (χ0n) is 3.02. The molecule has 0 aliphatic carbocycles. The van der Waals surface area contributed by atoms with Crippen LogP contribution in [0.5, 0.6) is 0 Å². The van der Waals surface area contributed by atoms with Crippen molar-refractivity contribution in [3.05, 3.63) is 0 Å². The number of hydrogen-bond acceptors (Lipinski definition) is 2. The summed E-state index contributed by atoms with van der Waals surface area (Å²) in [5, 5.41) is -2.28. The maximum absolute atomic E-state index is 9.43. The van der Waals surface area contributed by atoms with E-state index in [0.29, 0.717) is 0 Å². The van der Waals surface area contributed by atoms with Crippen molar-refractivity contribution in [2.24, 2.45) is 0 Å². The number of halogens is 2. The predicted octanol–water partition coefficient (Wildman–Crippen LogP) is 0.0366. The van der Waals surface area contributed by atoms with E-state index in [1.165, 1.54) is 0 Å². The standard InChI is InChI=1S/C2Cl2O2.N/c3-1(5)2(4)6;. The lowest BCUT2D eigenvalue weighted by Gasteiger charge is -1.67. The van der Waals surface area contributed by atoms with Crippen molar-refractivity contribution in [1.29, 1.82) is 0 Å².